The first-order chi connectivity index (χ1) is 9.39. The van der Waals surface area contributed by atoms with Crippen LogP contribution in [0.2, 0.25) is 0 Å². The zero-order chi connectivity index (χ0) is 14.8. The molecular formula is C12H14FNO5S. The van der Waals surface area contributed by atoms with Crippen molar-refractivity contribution >= 4 is 16.0 Å². The van der Waals surface area contributed by atoms with Crippen LogP contribution in [0.3, 0.4) is 0 Å². The highest BCUT2D eigenvalue weighted by molar-refractivity contribution is 7.89. The Hall–Kier alpha value is -1.51. The minimum atomic E-state index is -3.75. The van der Waals surface area contributed by atoms with Crippen molar-refractivity contribution in [2.45, 2.75) is 17.4 Å². The fourth-order valence-corrected chi connectivity index (χ4v) is 3.44. The second-order valence-electron chi connectivity index (χ2n) is 4.41. The maximum atomic E-state index is 12.8. The number of sulfonamides is 1. The number of ether oxygens (including phenoxy) is 1. The fourth-order valence-electron chi connectivity index (χ4n) is 1.98. The maximum absolute atomic E-state index is 12.8. The lowest BCUT2D eigenvalue weighted by Gasteiger charge is -2.31. The predicted octanol–water partition coefficient (Wildman–Crippen LogP) is 0.690. The Balaban J connectivity index is 2.16. The number of morpholine rings is 1. The van der Waals surface area contributed by atoms with Gasteiger partial charge < -0.3 is 9.84 Å². The molecule has 1 N–H and O–H groups in total. The Labute approximate surface area is 115 Å². The third-order valence-corrected chi connectivity index (χ3v) is 4.83. The number of rotatable bonds is 4. The molecule has 110 valence electrons. The highest BCUT2D eigenvalue weighted by Gasteiger charge is 2.31. The van der Waals surface area contributed by atoms with Gasteiger partial charge in [-0.2, -0.15) is 4.31 Å². The van der Waals surface area contributed by atoms with Gasteiger partial charge in [0.1, 0.15) is 5.82 Å². The van der Waals surface area contributed by atoms with E-state index in [9.17, 15) is 17.6 Å². The minimum Gasteiger partial charge on any atom is -0.481 e. The average Bonchev–Trinajstić information content (AvgIpc) is 2.39. The number of benzene rings is 1. The second-order valence-corrected chi connectivity index (χ2v) is 6.35. The molecule has 0 aliphatic carbocycles. The monoisotopic (exact) mass is 303 g/mol. The van der Waals surface area contributed by atoms with Crippen molar-refractivity contribution in [3.05, 3.63) is 30.1 Å². The lowest BCUT2D eigenvalue weighted by Crippen LogP contribution is -2.46. The van der Waals surface area contributed by atoms with Crippen LogP contribution in [-0.4, -0.2) is 49.6 Å². The van der Waals surface area contributed by atoms with Crippen molar-refractivity contribution in [3.8, 4) is 0 Å². The third-order valence-electron chi connectivity index (χ3n) is 2.96. The van der Waals surface area contributed by atoms with Crippen LogP contribution in [-0.2, 0) is 19.6 Å². The van der Waals surface area contributed by atoms with Crippen LogP contribution in [0.25, 0.3) is 0 Å². The van der Waals surface area contributed by atoms with Crippen molar-refractivity contribution in [1.82, 2.24) is 4.31 Å². The molecule has 6 nitrogen and oxygen atoms in total. The predicted molar refractivity (Wildman–Crippen MR) is 67.2 cm³/mol. The topological polar surface area (TPSA) is 83.9 Å². The van der Waals surface area contributed by atoms with Gasteiger partial charge in [-0.15, -0.1) is 0 Å². The van der Waals surface area contributed by atoms with E-state index in [4.69, 9.17) is 9.84 Å². The molecule has 1 aliphatic rings. The molecular weight excluding hydrogens is 289 g/mol. The first-order valence-electron chi connectivity index (χ1n) is 5.98. The third kappa shape index (κ3) is 3.33. The Morgan fingerprint density at radius 2 is 2.05 bits per heavy atom. The van der Waals surface area contributed by atoms with E-state index in [1.54, 1.807) is 0 Å². The molecule has 0 saturated carbocycles. The van der Waals surface area contributed by atoms with Crippen molar-refractivity contribution in [2.24, 2.45) is 0 Å². The summed E-state index contributed by atoms with van der Waals surface area (Å²) < 4.78 is 43.9. The van der Waals surface area contributed by atoms with E-state index >= 15 is 0 Å². The van der Waals surface area contributed by atoms with Gasteiger partial charge in [-0.3, -0.25) is 4.79 Å². The second kappa shape index (κ2) is 5.86. The van der Waals surface area contributed by atoms with Gasteiger partial charge in [0.05, 0.1) is 24.0 Å². The molecule has 0 bridgehead atoms. The Kier molecular flexibility index (Phi) is 4.36. The number of hydrogen-bond donors (Lipinski definition) is 1. The smallest absolute Gasteiger partial charge is 0.306 e. The van der Waals surface area contributed by atoms with E-state index in [1.807, 2.05) is 0 Å². The summed E-state index contributed by atoms with van der Waals surface area (Å²) in [6, 6.07) is 4.52. The Morgan fingerprint density at radius 3 is 2.65 bits per heavy atom. The normalized spacial score (nSPS) is 20.8. The molecule has 1 unspecified atom stereocenters. The van der Waals surface area contributed by atoms with E-state index < -0.39 is 27.9 Å². The molecule has 1 fully saturated rings. The van der Waals surface area contributed by atoms with Crippen LogP contribution in [0.1, 0.15) is 6.42 Å². The summed E-state index contributed by atoms with van der Waals surface area (Å²) >= 11 is 0. The Bertz CT molecular complexity index is 586. The van der Waals surface area contributed by atoms with Crippen LogP contribution in [0.4, 0.5) is 4.39 Å². The molecule has 8 heteroatoms. The quantitative estimate of drug-likeness (QED) is 0.884. The van der Waals surface area contributed by atoms with E-state index in [0.717, 1.165) is 16.4 Å². The number of nitrogens with zero attached hydrogens (tertiary/aromatic N) is 1. The number of carboxylic acids is 1. The van der Waals surface area contributed by atoms with Crippen molar-refractivity contribution in [2.75, 3.05) is 19.7 Å². The number of carbonyl (C=O) groups is 1. The molecule has 0 radical (unpaired) electrons. The number of aliphatic carboxylic acids is 1. The van der Waals surface area contributed by atoms with Gasteiger partial charge in [0.25, 0.3) is 0 Å². The molecule has 0 aromatic heterocycles. The maximum Gasteiger partial charge on any atom is 0.306 e. The molecule has 20 heavy (non-hydrogen) atoms. The van der Waals surface area contributed by atoms with Crippen LogP contribution >= 0.6 is 0 Å². The van der Waals surface area contributed by atoms with Gasteiger partial charge in [0.2, 0.25) is 10.0 Å². The largest absolute Gasteiger partial charge is 0.481 e. The van der Waals surface area contributed by atoms with Crippen molar-refractivity contribution in [1.29, 1.82) is 0 Å². The lowest BCUT2D eigenvalue weighted by atomic mass is 10.2. The van der Waals surface area contributed by atoms with E-state index in [1.165, 1.54) is 12.1 Å². The SMILES string of the molecule is O=C(O)CC1CN(S(=O)(=O)c2ccc(F)cc2)CCO1. The molecule has 1 aliphatic heterocycles. The molecule has 0 amide bonds. The summed E-state index contributed by atoms with van der Waals surface area (Å²) in [5, 5.41) is 8.71. The lowest BCUT2D eigenvalue weighted by molar-refractivity contribution is -0.141. The molecule has 2 rings (SSSR count). The van der Waals surface area contributed by atoms with Crippen LogP contribution in [0.15, 0.2) is 29.2 Å². The zero-order valence-electron chi connectivity index (χ0n) is 10.5. The van der Waals surface area contributed by atoms with Crippen LogP contribution in [0.5, 0.6) is 0 Å². The number of halogens is 1. The standard InChI is InChI=1S/C12H14FNO5S/c13-9-1-3-11(4-2-9)20(17,18)14-5-6-19-10(8-14)7-12(15)16/h1-4,10H,5-8H2,(H,15,16). The van der Waals surface area contributed by atoms with Gasteiger partial charge in [-0.25, -0.2) is 12.8 Å². The summed E-state index contributed by atoms with van der Waals surface area (Å²) in [4.78, 5) is 10.6. The molecule has 1 heterocycles. The summed E-state index contributed by atoms with van der Waals surface area (Å²) in [6.45, 7) is 0.264. The summed E-state index contributed by atoms with van der Waals surface area (Å²) in [7, 11) is -3.75. The summed E-state index contributed by atoms with van der Waals surface area (Å²) in [6.07, 6.45) is -0.924. The summed E-state index contributed by atoms with van der Waals surface area (Å²) in [5.74, 6) is -1.56. The molecule has 1 aromatic carbocycles. The molecule has 1 atom stereocenters. The van der Waals surface area contributed by atoms with E-state index in [-0.39, 0.29) is 31.0 Å². The van der Waals surface area contributed by atoms with Gasteiger partial charge >= 0.3 is 5.97 Å². The zero-order valence-corrected chi connectivity index (χ0v) is 11.3. The van der Waals surface area contributed by atoms with Gasteiger partial charge in [-0.1, -0.05) is 0 Å². The van der Waals surface area contributed by atoms with E-state index in [2.05, 4.69) is 0 Å². The van der Waals surface area contributed by atoms with Gasteiger partial charge in [0, 0.05) is 13.1 Å². The first kappa shape index (κ1) is 14.9. The molecule has 1 saturated heterocycles. The van der Waals surface area contributed by atoms with E-state index in [0.29, 0.717) is 0 Å². The minimum absolute atomic E-state index is 0.0186. The highest BCUT2D eigenvalue weighted by atomic mass is 32.2. The van der Waals surface area contributed by atoms with Crippen LogP contribution in [0, 0.1) is 5.82 Å². The van der Waals surface area contributed by atoms with Crippen molar-refractivity contribution < 1.29 is 27.4 Å². The van der Waals surface area contributed by atoms with Gasteiger partial charge in [0.15, 0.2) is 0 Å². The molecule has 1 aromatic rings. The highest BCUT2D eigenvalue weighted by Crippen LogP contribution is 2.20. The first-order valence-corrected chi connectivity index (χ1v) is 7.43. The van der Waals surface area contributed by atoms with Crippen LogP contribution < -0.4 is 0 Å². The number of hydrogen-bond acceptors (Lipinski definition) is 4. The number of carboxylic acid groups (broad SMARTS) is 1. The fraction of sp³-hybridized carbons (Fsp3) is 0.417. The van der Waals surface area contributed by atoms with Crippen molar-refractivity contribution in [3.63, 3.8) is 0 Å². The molecule has 0 spiro atoms. The average molecular weight is 303 g/mol. The van der Waals surface area contributed by atoms with Gasteiger partial charge in [-0.05, 0) is 24.3 Å². The Morgan fingerprint density at radius 1 is 1.40 bits per heavy atom. The summed E-state index contributed by atoms with van der Waals surface area (Å²) in [5.41, 5.74) is 0.